The highest BCUT2D eigenvalue weighted by atomic mass is 35.5. The molecule has 1 atom stereocenters. The van der Waals surface area contributed by atoms with Crippen molar-refractivity contribution in [2.24, 2.45) is 0 Å². The number of aromatic nitrogens is 1. The van der Waals surface area contributed by atoms with E-state index < -0.39 is 23.5 Å². The number of carbonyl (C=O) groups excluding carboxylic acids is 1. The zero-order valence-electron chi connectivity index (χ0n) is 13.9. The summed E-state index contributed by atoms with van der Waals surface area (Å²) in [6.45, 7) is 1.15. The Morgan fingerprint density at radius 3 is 2.41 bits per heavy atom. The van der Waals surface area contributed by atoms with Crippen molar-refractivity contribution in [3.63, 3.8) is 0 Å². The van der Waals surface area contributed by atoms with Gasteiger partial charge in [0.1, 0.15) is 0 Å². The van der Waals surface area contributed by atoms with E-state index >= 15 is 0 Å². The molecule has 2 amide bonds. The number of piperidine rings is 1. The minimum Gasteiger partial charge on any atom is -0.367 e. The van der Waals surface area contributed by atoms with Gasteiger partial charge in [-0.3, -0.25) is 4.98 Å². The van der Waals surface area contributed by atoms with Gasteiger partial charge in [0.25, 0.3) is 0 Å². The lowest BCUT2D eigenvalue weighted by molar-refractivity contribution is 0.246. The van der Waals surface area contributed by atoms with Crippen LogP contribution in [0.4, 0.5) is 29.3 Å². The minimum atomic E-state index is -1.59. The van der Waals surface area contributed by atoms with Crippen LogP contribution in [0, 0.1) is 17.5 Å². The van der Waals surface area contributed by atoms with Crippen LogP contribution < -0.4 is 15.5 Å². The van der Waals surface area contributed by atoms with Gasteiger partial charge in [-0.05, 0) is 12.8 Å². The predicted octanol–water partition coefficient (Wildman–Crippen LogP) is 4.60. The van der Waals surface area contributed by atoms with Crippen LogP contribution in [0.2, 0.25) is 10.0 Å². The molecule has 0 bridgehead atoms. The lowest BCUT2D eigenvalue weighted by atomic mass is 10.1. The quantitative estimate of drug-likeness (QED) is 0.716. The van der Waals surface area contributed by atoms with Crippen LogP contribution in [0.15, 0.2) is 24.5 Å². The van der Waals surface area contributed by atoms with Gasteiger partial charge in [0.2, 0.25) is 0 Å². The second-order valence-electron chi connectivity index (χ2n) is 6.09. The third kappa shape index (κ3) is 4.56. The number of hydrogen-bond donors (Lipinski definition) is 2. The Kier molecular flexibility index (Phi) is 5.96. The summed E-state index contributed by atoms with van der Waals surface area (Å²) in [7, 11) is 0. The number of carbonyl (C=O) groups is 1. The summed E-state index contributed by atoms with van der Waals surface area (Å²) in [4.78, 5) is 18.0. The Hall–Kier alpha value is -2.19. The number of amides is 2. The van der Waals surface area contributed by atoms with Gasteiger partial charge in [0.15, 0.2) is 17.5 Å². The molecule has 2 heterocycles. The zero-order valence-corrected chi connectivity index (χ0v) is 15.4. The molecule has 0 radical (unpaired) electrons. The smallest absolute Gasteiger partial charge is 0.319 e. The van der Waals surface area contributed by atoms with E-state index in [2.05, 4.69) is 15.6 Å². The number of rotatable bonds is 3. The minimum absolute atomic E-state index is 0.184. The van der Waals surface area contributed by atoms with E-state index in [4.69, 9.17) is 23.2 Å². The monoisotopic (exact) mass is 418 g/mol. The molecule has 1 saturated heterocycles. The fourth-order valence-electron chi connectivity index (χ4n) is 2.98. The first-order valence-electron chi connectivity index (χ1n) is 8.11. The summed E-state index contributed by atoms with van der Waals surface area (Å²) < 4.78 is 39.5. The van der Waals surface area contributed by atoms with Gasteiger partial charge >= 0.3 is 6.03 Å². The molecular formula is C17H15Cl2F3N4O. The van der Waals surface area contributed by atoms with Crippen LogP contribution in [0.3, 0.4) is 0 Å². The SMILES string of the molecule is O=C(Nc1cc(F)c(F)c(F)c1)NC1CCCN(c2c(Cl)cncc2Cl)C1. The number of halogens is 5. The van der Waals surface area contributed by atoms with Crippen molar-refractivity contribution in [3.8, 4) is 0 Å². The Morgan fingerprint density at radius 1 is 1.15 bits per heavy atom. The molecule has 144 valence electrons. The first kappa shape index (κ1) is 19.6. The number of benzene rings is 1. The average Bonchev–Trinajstić information content (AvgIpc) is 2.59. The second-order valence-corrected chi connectivity index (χ2v) is 6.90. The molecule has 3 rings (SSSR count). The van der Waals surface area contributed by atoms with E-state index in [0.717, 1.165) is 6.42 Å². The average molecular weight is 419 g/mol. The van der Waals surface area contributed by atoms with Crippen LogP contribution in [0.25, 0.3) is 0 Å². The van der Waals surface area contributed by atoms with Gasteiger partial charge < -0.3 is 15.5 Å². The predicted molar refractivity (Wildman–Crippen MR) is 98.0 cm³/mol. The molecule has 2 N–H and O–H groups in total. The van der Waals surface area contributed by atoms with Gasteiger partial charge in [0, 0.05) is 49.3 Å². The summed E-state index contributed by atoms with van der Waals surface area (Å²) in [6, 6.07) is 0.525. The van der Waals surface area contributed by atoms with Crippen molar-refractivity contribution in [1.29, 1.82) is 0 Å². The Balaban J connectivity index is 1.65. The summed E-state index contributed by atoms with van der Waals surface area (Å²) in [5, 5.41) is 5.84. The van der Waals surface area contributed by atoms with E-state index in [0.29, 0.717) is 47.4 Å². The molecule has 1 fully saturated rings. The molecule has 2 aromatic rings. The fraction of sp³-hybridized carbons (Fsp3) is 0.294. The topological polar surface area (TPSA) is 57.3 Å². The van der Waals surface area contributed by atoms with Crippen molar-refractivity contribution in [2.45, 2.75) is 18.9 Å². The number of urea groups is 1. The third-order valence-corrected chi connectivity index (χ3v) is 4.70. The lowest BCUT2D eigenvalue weighted by Gasteiger charge is -2.35. The van der Waals surface area contributed by atoms with Crippen molar-refractivity contribution >= 4 is 40.6 Å². The van der Waals surface area contributed by atoms with E-state index in [1.807, 2.05) is 4.90 Å². The maximum atomic E-state index is 13.2. The summed E-state index contributed by atoms with van der Waals surface area (Å²) in [6.07, 6.45) is 4.46. The largest absolute Gasteiger partial charge is 0.367 e. The molecule has 1 unspecified atom stereocenters. The molecule has 5 nitrogen and oxygen atoms in total. The molecule has 0 saturated carbocycles. The van der Waals surface area contributed by atoms with Crippen molar-refractivity contribution in [3.05, 3.63) is 52.0 Å². The van der Waals surface area contributed by atoms with E-state index in [1.165, 1.54) is 12.4 Å². The van der Waals surface area contributed by atoms with Gasteiger partial charge in [-0.2, -0.15) is 0 Å². The second kappa shape index (κ2) is 8.22. The van der Waals surface area contributed by atoms with Gasteiger partial charge in [-0.25, -0.2) is 18.0 Å². The highest BCUT2D eigenvalue weighted by Gasteiger charge is 2.25. The molecule has 1 aromatic heterocycles. The van der Waals surface area contributed by atoms with Crippen molar-refractivity contribution in [1.82, 2.24) is 10.3 Å². The van der Waals surface area contributed by atoms with Crippen LogP contribution in [0.1, 0.15) is 12.8 Å². The first-order valence-corrected chi connectivity index (χ1v) is 8.86. The standard InChI is InChI=1S/C17H15Cl2F3N4O/c18-11-6-23-7-12(19)16(11)26-3-1-2-9(8-26)24-17(27)25-10-4-13(20)15(22)14(21)5-10/h4-7,9H,1-3,8H2,(H2,24,25,27). The van der Waals surface area contributed by atoms with Crippen molar-refractivity contribution < 1.29 is 18.0 Å². The highest BCUT2D eigenvalue weighted by molar-refractivity contribution is 6.38. The van der Waals surface area contributed by atoms with Crippen LogP contribution in [0.5, 0.6) is 0 Å². The molecule has 27 heavy (non-hydrogen) atoms. The maximum Gasteiger partial charge on any atom is 0.319 e. The normalized spacial score (nSPS) is 16.9. The lowest BCUT2D eigenvalue weighted by Crippen LogP contribution is -2.49. The molecule has 1 aliphatic rings. The van der Waals surface area contributed by atoms with Gasteiger partial charge in [-0.1, -0.05) is 23.2 Å². The zero-order chi connectivity index (χ0) is 19.6. The highest BCUT2D eigenvalue weighted by Crippen LogP contribution is 2.34. The third-order valence-electron chi connectivity index (χ3n) is 4.14. The van der Waals surface area contributed by atoms with E-state index in [1.54, 1.807) is 0 Å². The molecule has 0 aliphatic carbocycles. The molecule has 0 spiro atoms. The Bertz CT molecular complexity index is 825. The Morgan fingerprint density at radius 2 is 1.78 bits per heavy atom. The number of nitrogens with zero attached hydrogens (tertiary/aromatic N) is 2. The molecule has 10 heteroatoms. The van der Waals surface area contributed by atoms with Crippen LogP contribution >= 0.6 is 23.2 Å². The molecular weight excluding hydrogens is 404 g/mol. The summed E-state index contributed by atoms with van der Waals surface area (Å²) in [5.41, 5.74) is 0.458. The Labute approximate surface area is 163 Å². The van der Waals surface area contributed by atoms with Crippen LogP contribution in [-0.2, 0) is 0 Å². The number of pyridine rings is 1. The fourth-order valence-corrected chi connectivity index (χ4v) is 3.59. The number of hydrogen-bond acceptors (Lipinski definition) is 3. The van der Waals surface area contributed by atoms with Gasteiger partial charge in [-0.15, -0.1) is 0 Å². The van der Waals surface area contributed by atoms with Crippen LogP contribution in [-0.4, -0.2) is 30.1 Å². The molecule has 1 aliphatic heterocycles. The summed E-state index contributed by atoms with van der Waals surface area (Å²) in [5.74, 6) is -4.35. The van der Waals surface area contributed by atoms with Gasteiger partial charge in [0.05, 0.1) is 15.7 Å². The number of anilines is 2. The number of nitrogens with one attached hydrogen (secondary N) is 2. The first-order chi connectivity index (χ1) is 12.8. The summed E-state index contributed by atoms with van der Waals surface area (Å²) >= 11 is 12.4. The maximum absolute atomic E-state index is 13.2. The van der Waals surface area contributed by atoms with Crippen molar-refractivity contribution in [2.75, 3.05) is 23.3 Å². The van der Waals surface area contributed by atoms with E-state index in [9.17, 15) is 18.0 Å². The molecule has 1 aromatic carbocycles. The van der Waals surface area contributed by atoms with E-state index in [-0.39, 0.29) is 11.7 Å².